The zero-order valence-electron chi connectivity index (χ0n) is 11.6. The molecule has 0 saturated heterocycles. The lowest BCUT2D eigenvalue weighted by Crippen LogP contribution is -2.35. The van der Waals surface area contributed by atoms with Crippen molar-refractivity contribution in [3.8, 4) is 0 Å². The molecule has 0 saturated carbocycles. The van der Waals surface area contributed by atoms with Gasteiger partial charge in [-0.05, 0) is 31.0 Å². The second-order valence-electron chi connectivity index (χ2n) is 4.88. The third-order valence-electron chi connectivity index (χ3n) is 3.18. The van der Waals surface area contributed by atoms with Gasteiger partial charge < -0.3 is 15.5 Å². The van der Waals surface area contributed by atoms with Crippen molar-refractivity contribution in [2.75, 3.05) is 0 Å². The maximum atomic E-state index is 12.2. The van der Waals surface area contributed by atoms with E-state index in [9.17, 15) is 9.59 Å². The van der Waals surface area contributed by atoms with E-state index in [0.29, 0.717) is 11.1 Å². The van der Waals surface area contributed by atoms with Crippen molar-refractivity contribution in [1.29, 1.82) is 0 Å². The van der Waals surface area contributed by atoms with Crippen LogP contribution in [0.1, 0.15) is 36.2 Å². The van der Waals surface area contributed by atoms with E-state index in [0.717, 1.165) is 17.4 Å². The standard InChI is InChI=1S/C15H18N2O3/c1-3-10-4-5-13-11(7-10)12(8-20-13)15(19)17-9(2)6-14(16)18/h4-5,7-9H,3,6H2,1-2H3,(H2,16,18)(H,17,19). The minimum Gasteiger partial charge on any atom is -0.463 e. The van der Waals surface area contributed by atoms with Crippen LogP contribution in [0.5, 0.6) is 0 Å². The average molecular weight is 274 g/mol. The summed E-state index contributed by atoms with van der Waals surface area (Å²) in [6.07, 6.45) is 2.44. The van der Waals surface area contributed by atoms with Gasteiger partial charge in [-0.15, -0.1) is 0 Å². The van der Waals surface area contributed by atoms with E-state index in [4.69, 9.17) is 10.2 Å². The molecule has 106 valence electrons. The molecule has 1 heterocycles. The number of amides is 2. The maximum absolute atomic E-state index is 12.2. The van der Waals surface area contributed by atoms with E-state index in [1.54, 1.807) is 6.92 Å². The first-order valence-electron chi connectivity index (χ1n) is 6.60. The molecule has 1 unspecified atom stereocenters. The number of benzene rings is 1. The molecular weight excluding hydrogens is 256 g/mol. The van der Waals surface area contributed by atoms with Gasteiger partial charge in [-0.25, -0.2) is 0 Å². The Balaban J connectivity index is 2.23. The first kappa shape index (κ1) is 14.1. The summed E-state index contributed by atoms with van der Waals surface area (Å²) in [4.78, 5) is 23.0. The number of nitrogens with one attached hydrogen (secondary N) is 1. The summed E-state index contributed by atoms with van der Waals surface area (Å²) in [7, 11) is 0. The molecule has 2 aromatic rings. The van der Waals surface area contributed by atoms with Crippen molar-refractivity contribution < 1.29 is 14.0 Å². The van der Waals surface area contributed by atoms with E-state index in [1.165, 1.54) is 6.26 Å². The average Bonchev–Trinajstić information content (AvgIpc) is 2.80. The molecule has 20 heavy (non-hydrogen) atoms. The van der Waals surface area contributed by atoms with Crippen LogP contribution in [0.3, 0.4) is 0 Å². The molecule has 1 aromatic carbocycles. The van der Waals surface area contributed by atoms with Crippen LogP contribution >= 0.6 is 0 Å². The zero-order chi connectivity index (χ0) is 14.7. The molecule has 1 atom stereocenters. The third kappa shape index (κ3) is 2.99. The number of fused-ring (bicyclic) bond motifs is 1. The number of primary amides is 1. The topological polar surface area (TPSA) is 85.3 Å². The fourth-order valence-corrected chi connectivity index (χ4v) is 2.13. The second-order valence-corrected chi connectivity index (χ2v) is 4.88. The van der Waals surface area contributed by atoms with Crippen LogP contribution in [0, 0.1) is 0 Å². The minimum absolute atomic E-state index is 0.113. The van der Waals surface area contributed by atoms with Gasteiger partial charge in [-0.2, -0.15) is 0 Å². The molecule has 0 fully saturated rings. The highest BCUT2D eigenvalue weighted by molar-refractivity contribution is 6.06. The van der Waals surface area contributed by atoms with Crippen molar-refractivity contribution in [3.63, 3.8) is 0 Å². The number of hydrogen-bond acceptors (Lipinski definition) is 3. The predicted octanol–water partition coefficient (Wildman–Crippen LogP) is 1.99. The zero-order valence-corrected chi connectivity index (χ0v) is 11.6. The number of carbonyl (C=O) groups excluding carboxylic acids is 2. The van der Waals surface area contributed by atoms with E-state index >= 15 is 0 Å². The molecule has 5 nitrogen and oxygen atoms in total. The molecule has 2 rings (SSSR count). The summed E-state index contributed by atoms with van der Waals surface area (Å²) in [6, 6.07) is 5.48. The van der Waals surface area contributed by atoms with Gasteiger partial charge >= 0.3 is 0 Å². The van der Waals surface area contributed by atoms with Crippen molar-refractivity contribution in [2.24, 2.45) is 5.73 Å². The van der Waals surface area contributed by atoms with E-state index in [2.05, 4.69) is 12.2 Å². The van der Waals surface area contributed by atoms with E-state index < -0.39 is 5.91 Å². The van der Waals surface area contributed by atoms with Gasteiger partial charge in [0.1, 0.15) is 11.8 Å². The molecule has 0 aliphatic rings. The fraction of sp³-hybridized carbons (Fsp3) is 0.333. The van der Waals surface area contributed by atoms with Crippen LogP contribution in [-0.2, 0) is 11.2 Å². The normalized spacial score (nSPS) is 12.3. The largest absolute Gasteiger partial charge is 0.463 e. The number of nitrogens with two attached hydrogens (primary N) is 1. The highest BCUT2D eigenvalue weighted by Gasteiger charge is 2.16. The van der Waals surface area contributed by atoms with Crippen molar-refractivity contribution in [2.45, 2.75) is 32.7 Å². The summed E-state index contributed by atoms with van der Waals surface area (Å²) in [5.74, 6) is -0.700. The van der Waals surface area contributed by atoms with Crippen LogP contribution in [0.2, 0.25) is 0 Å². The van der Waals surface area contributed by atoms with Gasteiger partial charge in [-0.3, -0.25) is 9.59 Å². The molecule has 2 amide bonds. The number of hydrogen-bond donors (Lipinski definition) is 2. The van der Waals surface area contributed by atoms with Crippen LogP contribution < -0.4 is 11.1 Å². The smallest absolute Gasteiger partial charge is 0.255 e. The first-order valence-corrected chi connectivity index (χ1v) is 6.60. The van der Waals surface area contributed by atoms with Crippen LogP contribution in [-0.4, -0.2) is 17.9 Å². The van der Waals surface area contributed by atoms with E-state index in [-0.39, 0.29) is 18.4 Å². The lowest BCUT2D eigenvalue weighted by molar-refractivity contribution is -0.118. The Hall–Kier alpha value is -2.30. The van der Waals surface area contributed by atoms with Crippen LogP contribution in [0.25, 0.3) is 11.0 Å². The summed E-state index contributed by atoms with van der Waals surface area (Å²) in [5, 5.41) is 3.53. The van der Waals surface area contributed by atoms with Crippen molar-refractivity contribution in [1.82, 2.24) is 5.32 Å². The minimum atomic E-state index is -0.442. The third-order valence-corrected chi connectivity index (χ3v) is 3.18. The Morgan fingerprint density at radius 2 is 2.15 bits per heavy atom. The van der Waals surface area contributed by atoms with Crippen molar-refractivity contribution >= 4 is 22.8 Å². The summed E-state index contributed by atoms with van der Waals surface area (Å²) in [5.41, 5.74) is 7.40. The highest BCUT2D eigenvalue weighted by atomic mass is 16.3. The molecule has 0 aliphatic heterocycles. The van der Waals surface area contributed by atoms with Gasteiger partial charge in [0.05, 0.1) is 5.56 Å². The fourth-order valence-electron chi connectivity index (χ4n) is 2.13. The molecule has 0 bridgehead atoms. The van der Waals surface area contributed by atoms with E-state index in [1.807, 2.05) is 18.2 Å². The summed E-state index contributed by atoms with van der Waals surface area (Å²) < 4.78 is 5.38. The number of carbonyl (C=O) groups is 2. The Morgan fingerprint density at radius 3 is 2.80 bits per heavy atom. The summed E-state index contributed by atoms with van der Waals surface area (Å²) in [6.45, 7) is 3.79. The molecular formula is C15H18N2O3. The first-order chi connectivity index (χ1) is 9.51. The highest BCUT2D eigenvalue weighted by Crippen LogP contribution is 2.23. The second kappa shape index (κ2) is 5.77. The number of furan rings is 1. The molecule has 0 spiro atoms. The van der Waals surface area contributed by atoms with Gasteiger partial charge in [0.2, 0.25) is 5.91 Å². The quantitative estimate of drug-likeness (QED) is 0.874. The lowest BCUT2D eigenvalue weighted by atomic mass is 10.1. The van der Waals surface area contributed by atoms with Gasteiger partial charge in [-0.1, -0.05) is 13.0 Å². The maximum Gasteiger partial charge on any atom is 0.255 e. The number of rotatable bonds is 5. The Morgan fingerprint density at radius 1 is 1.40 bits per heavy atom. The Bertz CT molecular complexity index is 646. The molecule has 3 N–H and O–H groups in total. The Kier molecular flexibility index (Phi) is 4.08. The predicted molar refractivity (Wildman–Crippen MR) is 76.3 cm³/mol. The van der Waals surface area contributed by atoms with Gasteiger partial charge in [0, 0.05) is 17.8 Å². The van der Waals surface area contributed by atoms with Crippen LogP contribution in [0.15, 0.2) is 28.9 Å². The SMILES string of the molecule is CCc1ccc2occ(C(=O)NC(C)CC(N)=O)c2c1. The summed E-state index contributed by atoms with van der Waals surface area (Å²) >= 11 is 0. The van der Waals surface area contributed by atoms with Gasteiger partial charge in [0.25, 0.3) is 5.91 Å². The number of aryl methyl sites for hydroxylation is 1. The molecule has 0 radical (unpaired) electrons. The van der Waals surface area contributed by atoms with Crippen molar-refractivity contribution in [3.05, 3.63) is 35.6 Å². The monoisotopic (exact) mass is 274 g/mol. The van der Waals surface area contributed by atoms with Gasteiger partial charge in [0.15, 0.2) is 0 Å². The molecule has 1 aromatic heterocycles. The molecule has 0 aliphatic carbocycles. The lowest BCUT2D eigenvalue weighted by Gasteiger charge is -2.11. The molecule has 5 heteroatoms. The van der Waals surface area contributed by atoms with Crippen LogP contribution in [0.4, 0.5) is 0 Å². The Labute approximate surface area is 117 Å².